The highest BCUT2D eigenvalue weighted by atomic mass is 127. The summed E-state index contributed by atoms with van der Waals surface area (Å²) >= 11 is 14.6. The van der Waals surface area contributed by atoms with Gasteiger partial charge in [-0.3, -0.25) is 4.79 Å². The maximum atomic E-state index is 12.2. The van der Waals surface area contributed by atoms with Crippen LogP contribution in [0.3, 0.4) is 0 Å². The molecule has 0 saturated heterocycles. The van der Waals surface area contributed by atoms with Gasteiger partial charge in [0.2, 0.25) is 5.91 Å². The number of amides is 1. The smallest absolute Gasteiger partial charge is 0.231 e. The predicted octanol–water partition coefficient (Wildman–Crippen LogP) is 4.69. The zero-order chi connectivity index (χ0) is 14.3. The Hall–Kier alpha value is -0.780. The third kappa shape index (κ3) is 2.54. The van der Waals surface area contributed by atoms with Gasteiger partial charge in [-0.05, 0) is 58.5 Å². The highest BCUT2D eigenvalue weighted by molar-refractivity contribution is 14.1. The molecule has 0 radical (unpaired) electrons. The van der Waals surface area contributed by atoms with Crippen molar-refractivity contribution >= 4 is 57.4 Å². The largest absolute Gasteiger partial charge is 0.307 e. The molecule has 2 aromatic rings. The minimum absolute atomic E-state index is 0.0815. The zero-order valence-electron chi connectivity index (χ0n) is 10.4. The molecule has 2 aromatic carbocycles. The molecule has 0 bridgehead atoms. The van der Waals surface area contributed by atoms with Crippen LogP contribution in [-0.4, -0.2) is 5.91 Å². The third-order valence-electron chi connectivity index (χ3n) is 3.35. The van der Waals surface area contributed by atoms with Gasteiger partial charge in [-0.2, -0.15) is 0 Å². The molecule has 1 aliphatic heterocycles. The van der Waals surface area contributed by atoms with E-state index >= 15 is 0 Å². The van der Waals surface area contributed by atoms with E-state index in [1.807, 2.05) is 18.2 Å². The van der Waals surface area contributed by atoms with E-state index in [1.165, 1.54) is 0 Å². The number of nitrogens with zero attached hydrogens (tertiary/aromatic N) is 1. The zero-order valence-corrected chi connectivity index (χ0v) is 14.0. The summed E-state index contributed by atoms with van der Waals surface area (Å²) in [5.74, 6) is 0.0815. The summed E-state index contributed by atoms with van der Waals surface area (Å²) in [5.41, 5.74) is 2.80. The Morgan fingerprint density at radius 2 is 1.85 bits per heavy atom. The number of halogens is 3. The van der Waals surface area contributed by atoms with Crippen molar-refractivity contribution in [1.82, 2.24) is 0 Å². The van der Waals surface area contributed by atoms with Crippen LogP contribution in [0.5, 0.6) is 0 Å². The standard InChI is InChI=1S/C15H10Cl2INO/c16-12-2-1-3-13(17)11(12)8-19-14-5-4-10(18)6-9(14)7-15(19)20/h1-6H,7-8H2. The average molecular weight is 418 g/mol. The van der Waals surface area contributed by atoms with Gasteiger partial charge in [0.15, 0.2) is 0 Å². The first-order chi connectivity index (χ1) is 9.56. The van der Waals surface area contributed by atoms with Gasteiger partial charge in [0.1, 0.15) is 0 Å². The van der Waals surface area contributed by atoms with E-state index in [0.29, 0.717) is 23.0 Å². The van der Waals surface area contributed by atoms with E-state index in [0.717, 1.165) is 20.4 Å². The van der Waals surface area contributed by atoms with Crippen LogP contribution < -0.4 is 4.90 Å². The van der Waals surface area contributed by atoms with Crippen LogP contribution in [0.15, 0.2) is 36.4 Å². The maximum absolute atomic E-state index is 12.2. The van der Waals surface area contributed by atoms with E-state index in [9.17, 15) is 4.79 Å². The number of fused-ring (bicyclic) bond motifs is 1. The molecule has 1 heterocycles. The summed E-state index contributed by atoms with van der Waals surface area (Å²) in [6, 6.07) is 11.4. The molecule has 0 fully saturated rings. The second-order valence-corrected chi connectivity index (χ2v) is 6.69. The fraction of sp³-hybridized carbons (Fsp3) is 0.133. The molecule has 5 heteroatoms. The molecule has 1 amide bonds. The van der Waals surface area contributed by atoms with Crippen LogP contribution in [0.1, 0.15) is 11.1 Å². The number of carbonyl (C=O) groups is 1. The number of rotatable bonds is 2. The fourth-order valence-corrected chi connectivity index (χ4v) is 3.44. The van der Waals surface area contributed by atoms with E-state index in [-0.39, 0.29) is 5.91 Å². The minimum Gasteiger partial charge on any atom is -0.307 e. The number of anilines is 1. The lowest BCUT2D eigenvalue weighted by Crippen LogP contribution is -2.26. The second kappa shape index (κ2) is 5.54. The van der Waals surface area contributed by atoms with Crippen molar-refractivity contribution in [3.05, 3.63) is 61.1 Å². The van der Waals surface area contributed by atoms with E-state index < -0.39 is 0 Å². The number of benzene rings is 2. The molecule has 0 atom stereocenters. The van der Waals surface area contributed by atoms with Crippen molar-refractivity contribution < 1.29 is 4.79 Å². The molecule has 2 nitrogen and oxygen atoms in total. The Morgan fingerprint density at radius 3 is 2.55 bits per heavy atom. The molecule has 0 saturated carbocycles. The molecule has 20 heavy (non-hydrogen) atoms. The number of hydrogen-bond donors (Lipinski definition) is 0. The lowest BCUT2D eigenvalue weighted by molar-refractivity contribution is -0.117. The van der Waals surface area contributed by atoms with Crippen molar-refractivity contribution in [2.45, 2.75) is 13.0 Å². The average Bonchev–Trinajstić information content (AvgIpc) is 2.69. The first kappa shape index (κ1) is 14.2. The molecule has 0 N–H and O–H groups in total. The van der Waals surface area contributed by atoms with Gasteiger partial charge in [0, 0.05) is 24.9 Å². The predicted molar refractivity (Wildman–Crippen MR) is 90.5 cm³/mol. The summed E-state index contributed by atoms with van der Waals surface area (Å²) in [5, 5.41) is 1.17. The SMILES string of the molecule is O=C1Cc2cc(I)ccc2N1Cc1c(Cl)cccc1Cl. The summed E-state index contributed by atoms with van der Waals surface area (Å²) in [6.07, 6.45) is 0.439. The highest BCUT2D eigenvalue weighted by Gasteiger charge is 2.28. The van der Waals surface area contributed by atoms with Crippen LogP contribution >= 0.6 is 45.8 Å². The lowest BCUT2D eigenvalue weighted by Gasteiger charge is -2.19. The van der Waals surface area contributed by atoms with Crippen molar-refractivity contribution in [3.8, 4) is 0 Å². The van der Waals surface area contributed by atoms with Crippen LogP contribution in [0.25, 0.3) is 0 Å². The van der Waals surface area contributed by atoms with Gasteiger partial charge in [-0.25, -0.2) is 0 Å². The van der Waals surface area contributed by atoms with Gasteiger partial charge in [0.05, 0.1) is 13.0 Å². The molecule has 3 rings (SSSR count). The fourth-order valence-electron chi connectivity index (χ4n) is 2.37. The monoisotopic (exact) mass is 417 g/mol. The molecular weight excluding hydrogens is 408 g/mol. The summed E-state index contributed by atoms with van der Waals surface area (Å²) in [4.78, 5) is 14.0. The van der Waals surface area contributed by atoms with Gasteiger partial charge in [-0.1, -0.05) is 29.3 Å². The van der Waals surface area contributed by atoms with E-state index in [4.69, 9.17) is 23.2 Å². The van der Waals surface area contributed by atoms with Gasteiger partial charge < -0.3 is 4.90 Å². The Kier molecular flexibility index (Phi) is 3.93. The molecular formula is C15H10Cl2INO. The van der Waals surface area contributed by atoms with Crippen molar-refractivity contribution in [2.24, 2.45) is 0 Å². The second-order valence-electron chi connectivity index (χ2n) is 4.63. The van der Waals surface area contributed by atoms with Crippen molar-refractivity contribution in [3.63, 3.8) is 0 Å². The van der Waals surface area contributed by atoms with Crippen LogP contribution in [0.2, 0.25) is 10.0 Å². The topological polar surface area (TPSA) is 20.3 Å². The van der Waals surface area contributed by atoms with Gasteiger partial charge in [-0.15, -0.1) is 0 Å². The Bertz CT molecular complexity index is 682. The first-order valence-corrected chi connectivity index (χ1v) is 7.91. The molecule has 0 unspecified atom stereocenters. The lowest BCUT2D eigenvalue weighted by atomic mass is 10.1. The molecule has 0 aliphatic carbocycles. The molecule has 102 valence electrons. The quantitative estimate of drug-likeness (QED) is 0.649. The Morgan fingerprint density at radius 1 is 1.15 bits per heavy atom. The van der Waals surface area contributed by atoms with Crippen LogP contribution in [0.4, 0.5) is 5.69 Å². The van der Waals surface area contributed by atoms with Gasteiger partial charge >= 0.3 is 0 Å². The van der Waals surface area contributed by atoms with Crippen molar-refractivity contribution in [1.29, 1.82) is 0 Å². The molecule has 0 aromatic heterocycles. The highest BCUT2D eigenvalue weighted by Crippen LogP contribution is 2.34. The minimum atomic E-state index is 0.0815. The third-order valence-corrected chi connectivity index (χ3v) is 4.73. The summed E-state index contributed by atoms with van der Waals surface area (Å²) < 4.78 is 1.13. The van der Waals surface area contributed by atoms with Crippen molar-refractivity contribution in [2.75, 3.05) is 4.90 Å². The Balaban J connectivity index is 1.98. The van der Waals surface area contributed by atoms with Gasteiger partial charge in [0.25, 0.3) is 0 Å². The normalized spacial score (nSPS) is 13.8. The first-order valence-electron chi connectivity index (χ1n) is 6.08. The number of carbonyl (C=O) groups excluding carboxylic acids is 1. The maximum Gasteiger partial charge on any atom is 0.231 e. The Labute approximate surface area is 140 Å². The van der Waals surface area contributed by atoms with E-state index in [1.54, 1.807) is 23.1 Å². The molecule has 1 aliphatic rings. The summed E-state index contributed by atoms with van der Waals surface area (Å²) in [6.45, 7) is 0.408. The molecule has 0 spiro atoms. The van der Waals surface area contributed by atoms with Crippen LogP contribution in [-0.2, 0) is 17.8 Å². The number of hydrogen-bond acceptors (Lipinski definition) is 1. The van der Waals surface area contributed by atoms with Crippen LogP contribution in [0, 0.1) is 3.57 Å². The summed E-state index contributed by atoms with van der Waals surface area (Å²) in [7, 11) is 0. The van der Waals surface area contributed by atoms with E-state index in [2.05, 4.69) is 22.6 Å².